The molecular weight excluding hydrogens is 724 g/mol. The third-order valence-electron chi connectivity index (χ3n) is 9.68. The molecule has 0 bridgehead atoms. The van der Waals surface area contributed by atoms with Crippen LogP contribution in [-0.4, -0.2) is 84.3 Å². The van der Waals surface area contributed by atoms with Crippen molar-refractivity contribution in [3.8, 4) is 0 Å². The van der Waals surface area contributed by atoms with Gasteiger partial charge in [0.2, 0.25) is 0 Å². The van der Waals surface area contributed by atoms with Gasteiger partial charge in [0.15, 0.2) is 0 Å². The SMILES string of the molecule is CN[C@@H](Cc1ccc(N)cc1)C(=O)OC1CCCC1.CN[C@@H](Cc1ccc([N+](=O)[O-])cc1)C(=O)O.CN[C@@H](Cc1ccc([N+](=O)[O-])cc1)C(=O)OC1CCCC1. The molecule has 0 amide bonds. The number of carbonyl (C=O) groups is 3. The lowest BCUT2D eigenvalue weighted by Crippen LogP contribution is -2.39. The Kier molecular flexibility index (Phi) is 18.8. The molecule has 0 aliphatic heterocycles. The predicted molar refractivity (Wildman–Crippen MR) is 211 cm³/mol. The number of likely N-dealkylation sites (N-methyl/N-ethyl adjacent to an activating group) is 3. The Morgan fingerprint density at radius 1 is 0.625 bits per heavy atom. The number of nitro benzene ring substituents is 2. The molecular formula is C40H54N6O10. The number of benzene rings is 3. The van der Waals surface area contributed by atoms with E-state index in [0.29, 0.717) is 19.3 Å². The Bertz CT molecular complexity index is 1690. The molecule has 0 radical (unpaired) electrons. The van der Waals surface area contributed by atoms with Gasteiger partial charge in [-0.1, -0.05) is 36.4 Å². The minimum atomic E-state index is -0.944. The van der Waals surface area contributed by atoms with Gasteiger partial charge in [-0.05, 0) is 121 Å². The van der Waals surface area contributed by atoms with Crippen LogP contribution in [0.4, 0.5) is 17.1 Å². The quantitative estimate of drug-likeness (QED) is 0.0563. The topological polar surface area (TPSA) is 238 Å². The first-order valence-corrected chi connectivity index (χ1v) is 18.8. The number of nitrogen functional groups attached to an aromatic ring is 1. The second kappa shape index (κ2) is 23.5. The van der Waals surface area contributed by atoms with Gasteiger partial charge in [-0.3, -0.25) is 34.6 Å². The lowest BCUT2D eigenvalue weighted by molar-refractivity contribution is -0.385. The fourth-order valence-corrected chi connectivity index (χ4v) is 6.29. The second-order valence-electron chi connectivity index (χ2n) is 13.7. The van der Waals surface area contributed by atoms with E-state index in [2.05, 4.69) is 16.0 Å². The average molecular weight is 779 g/mol. The summed E-state index contributed by atoms with van der Waals surface area (Å²) < 4.78 is 11.0. The number of nitrogens with one attached hydrogen (secondary N) is 3. The number of nitro groups is 2. The molecule has 16 heteroatoms. The van der Waals surface area contributed by atoms with Gasteiger partial charge in [-0.15, -0.1) is 0 Å². The highest BCUT2D eigenvalue weighted by Gasteiger charge is 2.26. The van der Waals surface area contributed by atoms with Crippen LogP contribution in [0.3, 0.4) is 0 Å². The minimum Gasteiger partial charge on any atom is -0.480 e. The van der Waals surface area contributed by atoms with Crippen molar-refractivity contribution in [3.63, 3.8) is 0 Å². The molecule has 16 nitrogen and oxygen atoms in total. The van der Waals surface area contributed by atoms with Crippen LogP contribution >= 0.6 is 0 Å². The average Bonchev–Trinajstić information content (AvgIpc) is 3.91. The van der Waals surface area contributed by atoms with Crippen molar-refractivity contribution in [2.24, 2.45) is 0 Å². The number of nitrogens with two attached hydrogens (primary N) is 1. The molecule has 3 aromatic carbocycles. The van der Waals surface area contributed by atoms with E-state index < -0.39 is 27.9 Å². The molecule has 2 aliphatic rings. The van der Waals surface area contributed by atoms with Crippen molar-refractivity contribution in [1.29, 1.82) is 0 Å². The van der Waals surface area contributed by atoms with Gasteiger partial charge in [-0.2, -0.15) is 0 Å². The molecule has 3 atom stereocenters. The number of carboxylic acids is 1. The minimum absolute atomic E-state index is 0.0000765. The van der Waals surface area contributed by atoms with Crippen LogP contribution in [0.25, 0.3) is 0 Å². The summed E-state index contributed by atoms with van der Waals surface area (Å²) in [5, 5.41) is 38.5. The van der Waals surface area contributed by atoms with Crippen LogP contribution in [0.5, 0.6) is 0 Å². The highest BCUT2D eigenvalue weighted by molar-refractivity contribution is 5.77. The molecule has 56 heavy (non-hydrogen) atoms. The normalized spacial score (nSPS) is 15.6. The number of ether oxygens (including phenoxy) is 2. The fraction of sp³-hybridized carbons (Fsp3) is 0.475. The second-order valence-corrected chi connectivity index (χ2v) is 13.7. The van der Waals surface area contributed by atoms with Gasteiger partial charge < -0.3 is 36.3 Å². The number of rotatable bonds is 16. The number of carboxylic acid groups (broad SMARTS) is 1. The van der Waals surface area contributed by atoms with Crippen LogP contribution in [0.2, 0.25) is 0 Å². The zero-order valence-electron chi connectivity index (χ0n) is 32.2. The molecule has 0 spiro atoms. The zero-order valence-corrected chi connectivity index (χ0v) is 32.2. The van der Waals surface area contributed by atoms with Crippen LogP contribution in [0.15, 0.2) is 72.8 Å². The molecule has 0 unspecified atom stereocenters. The van der Waals surface area contributed by atoms with Crippen LogP contribution in [0, 0.1) is 20.2 Å². The summed E-state index contributed by atoms with van der Waals surface area (Å²) in [7, 11) is 5.06. The third-order valence-corrected chi connectivity index (χ3v) is 9.68. The molecule has 2 fully saturated rings. The highest BCUT2D eigenvalue weighted by Crippen LogP contribution is 2.23. The first-order valence-electron chi connectivity index (χ1n) is 18.8. The molecule has 2 saturated carbocycles. The number of hydrogen-bond acceptors (Lipinski definition) is 13. The van der Waals surface area contributed by atoms with Gasteiger partial charge in [0.25, 0.3) is 11.4 Å². The summed E-state index contributed by atoms with van der Waals surface area (Å²) in [5.74, 6) is -1.34. The van der Waals surface area contributed by atoms with E-state index in [1.54, 1.807) is 45.4 Å². The Morgan fingerprint density at radius 2 is 0.929 bits per heavy atom. The van der Waals surface area contributed by atoms with Gasteiger partial charge in [-0.25, -0.2) is 0 Å². The van der Waals surface area contributed by atoms with Crippen LogP contribution in [-0.2, 0) is 43.1 Å². The number of esters is 2. The number of non-ortho nitro benzene ring substituents is 2. The largest absolute Gasteiger partial charge is 0.480 e. The van der Waals surface area contributed by atoms with Crippen molar-refractivity contribution < 1.29 is 38.8 Å². The van der Waals surface area contributed by atoms with E-state index in [-0.39, 0.29) is 41.6 Å². The molecule has 0 saturated heterocycles. The first-order chi connectivity index (χ1) is 26.8. The molecule has 5 rings (SSSR count). The van der Waals surface area contributed by atoms with Crippen LogP contribution in [0.1, 0.15) is 68.1 Å². The van der Waals surface area contributed by atoms with Gasteiger partial charge in [0.05, 0.1) is 9.85 Å². The monoisotopic (exact) mass is 778 g/mol. The molecule has 304 valence electrons. The Morgan fingerprint density at radius 3 is 1.21 bits per heavy atom. The third kappa shape index (κ3) is 15.4. The molecule has 0 aromatic heterocycles. The van der Waals surface area contributed by atoms with E-state index in [4.69, 9.17) is 20.3 Å². The van der Waals surface area contributed by atoms with Crippen molar-refractivity contribution in [1.82, 2.24) is 16.0 Å². The van der Waals surface area contributed by atoms with Crippen molar-refractivity contribution in [2.45, 2.75) is 101 Å². The first kappa shape index (κ1) is 44.9. The number of anilines is 1. The highest BCUT2D eigenvalue weighted by atomic mass is 16.6. The fourth-order valence-electron chi connectivity index (χ4n) is 6.29. The number of aliphatic carboxylic acids is 1. The summed E-state index contributed by atoms with van der Waals surface area (Å²) >= 11 is 0. The maximum Gasteiger partial charge on any atom is 0.323 e. The van der Waals surface area contributed by atoms with Gasteiger partial charge >= 0.3 is 17.9 Å². The Labute approximate surface area is 326 Å². The summed E-state index contributed by atoms with van der Waals surface area (Å²) in [6.45, 7) is 0. The van der Waals surface area contributed by atoms with E-state index in [1.807, 2.05) is 24.3 Å². The van der Waals surface area contributed by atoms with E-state index in [0.717, 1.165) is 60.9 Å². The predicted octanol–water partition coefficient (Wildman–Crippen LogP) is 4.91. The van der Waals surface area contributed by atoms with E-state index in [1.165, 1.54) is 37.1 Å². The number of hydrogen-bond donors (Lipinski definition) is 5. The maximum atomic E-state index is 12.1. The van der Waals surface area contributed by atoms with E-state index in [9.17, 15) is 34.6 Å². The Balaban J connectivity index is 0.000000228. The number of nitrogens with zero attached hydrogens (tertiary/aromatic N) is 2. The lowest BCUT2D eigenvalue weighted by Gasteiger charge is -2.18. The Hall–Kier alpha value is -5.45. The summed E-state index contributed by atoms with van der Waals surface area (Å²) in [4.78, 5) is 55.0. The standard InChI is InChI=1S/C15H20N2O4.C15H22N2O2.C10H12N2O4/c1-16-14(15(18)21-13-4-2-3-5-13)10-11-6-8-12(9-7-11)17(19)20;1-17-14(10-11-6-8-12(16)9-7-11)15(18)19-13-4-2-3-5-13;1-11-9(10(13)14)6-7-2-4-8(5-3-7)12(15)16/h6-9,13-14,16H,2-5,10H2,1H3;6-9,13-14,17H,2-5,10,16H2,1H3;2-5,9,11H,6H2,1H3,(H,13,14)/t2*14-;9-/m000/s1. The summed E-state index contributed by atoms with van der Waals surface area (Å²) in [5.41, 5.74) is 9.12. The van der Waals surface area contributed by atoms with Gasteiger partial charge in [0, 0.05) is 30.0 Å². The van der Waals surface area contributed by atoms with Crippen molar-refractivity contribution in [3.05, 3.63) is 110 Å². The lowest BCUT2D eigenvalue weighted by atomic mass is 10.1. The van der Waals surface area contributed by atoms with Crippen molar-refractivity contribution >= 4 is 35.0 Å². The molecule has 3 aromatic rings. The summed E-state index contributed by atoms with van der Waals surface area (Å²) in [6, 6.07) is 18.3. The number of carbonyl (C=O) groups excluding carboxylic acids is 2. The molecule has 0 heterocycles. The summed E-state index contributed by atoms with van der Waals surface area (Å²) in [6.07, 6.45) is 10.0. The van der Waals surface area contributed by atoms with E-state index >= 15 is 0 Å². The molecule has 6 N–H and O–H groups in total. The smallest absolute Gasteiger partial charge is 0.323 e. The van der Waals surface area contributed by atoms with Gasteiger partial charge in [0.1, 0.15) is 30.3 Å². The maximum absolute atomic E-state index is 12.1. The zero-order chi connectivity index (χ0) is 41.0. The molecule has 2 aliphatic carbocycles. The van der Waals surface area contributed by atoms with Crippen molar-refractivity contribution in [2.75, 3.05) is 26.9 Å². The van der Waals surface area contributed by atoms with Crippen LogP contribution < -0.4 is 21.7 Å².